The second-order valence-corrected chi connectivity index (χ2v) is 8.28. The predicted molar refractivity (Wildman–Crippen MR) is 117 cm³/mol. The third-order valence-electron chi connectivity index (χ3n) is 5.20. The van der Waals surface area contributed by atoms with Crippen LogP contribution in [0.15, 0.2) is 30.3 Å². The summed E-state index contributed by atoms with van der Waals surface area (Å²) < 4.78 is 11.7. The molecule has 1 aliphatic heterocycles. The molecule has 0 radical (unpaired) electrons. The molecule has 8 heteroatoms. The Morgan fingerprint density at radius 1 is 1.07 bits per heavy atom. The second kappa shape index (κ2) is 8.08. The van der Waals surface area contributed by atoms with E-state index in [2.05, 4.69) is 4.90 Å². The van der Waals surface area contributed by atoms with Gasteiger partial charge >= 0.3 is 0 Å². The number of halogens is 1. The lowest BCUT2D eigenvalue weighted by Crippen LogP contribution is -2.48. The topological polar surface area (TPSA) is 54.9 Å². The largest absolute Gasteiger partial charge is 0.493 e. The molecule has 0 saturated carbocycles. The van der Waals surface area contributed by atoms with Crippen molar-refractivity contribution in [2.75, 3.05) is 45.3 Å². The molecule has 4 rings (SSSR count). The number of aromatic nitrogens is 1. The normalized spacial score (nSPS) is 14.3. The van der Waals surface area contributed by atoms with Gasteiger partial charge in [-0.1, -0.05) is 22.9 Å². The summed E-state index contributed by atoms with van der Waals surface area (Å²) in [5.41, 5.74) is 2.57. The van der Waals surface area contributed by atoms with Crippen molar-refractivity contribution in [2.45, 2.75) is 6.92 Å². The Morgan fingerprint density at radius 2 is 1.79 bits per heavy atom. The number of aryl methyl sites for hydroxylation is 1. The van der Waals surface area contributed by atoms with Gasteiger partial charge in [0.15, 0.2) is 16.6 Å². The fraction of sp³-hybridized carbons (Fsp3) is 0.333. The summed E-state index contributed by atoms with van der Waals surface area (Å²) in [6.45, 7) is 4.76. The monoisotopic (exact) mass is 431 g/mol. The Hall–Kier alpha value is -2.51. The first kappa shape index (κ1) is 19.8. The molecule has 1 saturated heterocycles. The molecule has 152 valence electrons. The van der Waals surface area contributed by atoms with Gasteiger partial charge < -0.3 is 19.3 Å². The maximum atomic E-state index is 12.9. The fourth-order valence-electron chi connectivity index (χ4n) is 3.48. The number of rotatable bonds is 4. The number of thiazole rings is 1. The van der Waals surface area contributed by atoms with E-state index in [-0.39, 0.29) is 5.91 Å². The molecule has 1 aromatic heterocycles. The highest BCUT2D eigenvalue weighted by Crippen LogP contribution is 2.34. The average Bonchev–Trinajstić information content (AvgIpc) is 3.20. The van der Waals surface area contributed by atoms with Gasteiger partial charge in [0.1, 0.15) is 0 Å². The Morgan fingerprint density at radius 3 is 2.48 bits per heavy atom. The van der Waals surface area contributed by atoms with E-state index in [0.717, 1.165) is 39.0 Å². The van der Waals surface area contributed by atoms with Crippen LogP contribution in [0.3, 0.4) is 0 Å². The number of amides is 1. The number of piperazine rings is 1. The van der Waals surface area contributed by atoms with E-state index in [4.69, 9.17) is 26.1 Å². The van der Waals surface area contributed by atoms with Crippen LogP contribution >= 0.6 is 22.9 Å². The molecule has 6 nitrogen and oxygen atoms in total. The van der Waals surface area contributed by atoms with E-state index in [0.29, 0.717) is 30.2 Å². The van der Waals surface area contributed by atoms with Crippen molar-refractivity contribution in [3.63, 3.8) is 0 Å². The third-order valence-corrected chi connectivity index (χ3v) is 6.70. The third kappa shape index (κ3) is 3.72. The molecule has 1 amide bonds. The van der Waals surface area contributed by atoms with Gasteiger partial charge in [-0.15, -0.1) is 0 Å². The molecule has 2 heterocycles. The van der Waals surface area contributed by atoms with Crippen LogP contribution in [0.4, 0.5) is 5.13 Å². The van der Waals surface area contributed by atoms with Crippen LogP contribution in [0, 0.1) is 6.92 Å². The maximum absolute atomic E-state index is 12.9. The smallest absolute Gasteiger partial charge is 0.254 e. The van der Waals surface area contributed by atoms with Gasteiger partial charge in [0.05, 0.1) is 24.4 Å². The molecule has 1 aliphatic rings. The van der Waals surface area contributed by atoms with Crippen LogP contribution in [-0.4, -0.2) is 56.2 Å². The fourth-order valence-corrected chi connectivity index (χ4v) is 4.71. The minimum atomic E-state index is -0.00229. The number of nitrogens with zero attached hydrogens (tertiary/aromatic N) is 3. The summed E-state index contributed by atoms with van der Waals surface area (Å²) in [6, 6.07) is 9.20. The summed E-state index contributed by atoms with van der Waals surface area (Å²) in [4.78, 5) is 21.8. The number of anilines is 1. The molecule has 29 heavy (non-hydrogen) atoms. The Balaban J connectivity index is 1.47. The van der Waals surface area contributed by atoms with Crippen molar-refractivity contribution in [1.29, 1.82) is 0 Å². The van der Waals surface area contributed by atoms with E-state index in [1.54, 1.807) is 43.8 Å². The van der Waals surface area contributed by atoms with E-state index in [9.17, 15) is 4.79 Å². The number of fused-ring (bicyclic) bond motifs is 1. The van der Waals surface area contributed by atoms with E-state index in [1.165, 1.54) is 0 Å². The van der Waals surface area contributed by atoms with Crippen molar-refractivity contribution < 1.29 is 14.3 Å². The summed E-state index contributed by atoms with van der Waals surface area (Å²) in [7, 11) is 3.15. The average molecular weight is 432 g/mol. The van der Waals surface area contributed by atoms with Gasteiger partial charge in [-0.25, -0.2) is 4.98 Å². The number of hydrogen-bond donors (Lipinski definition) is 0. The number of carbonyl (C=O) groups is 1. The minimum absolute atomic E-state index is 0.00229. The predicted octanol–water partition coefficient (Wildman–Crippen LogP) is 4.24. The van der Waals surface area contributed by atoms with Gasteiger partial charge in [-0.2, -0.15) is 0 Å². The van der Waals surface area contributed by atoms with Gasteiger partial charge in [0, 0.05) is 36.8 Å². The lowest BCUT2D eigenvalue weighted by Gasteiger charge is -2.34. The molecule has 0 N–H and O–H groups in total. The molecule has 0 unspecified atom stereocenters. The molecular formula is C21H22ClN3O3S. The number of ether oxygens (including phenoxy) is 2. The van der Waals surface area contributed by atoms with Crippen molar-refractivity contribution in [3.05, 3.63) is 46.5 Å². The summed E-state index contributed by atoms with van der Waals surface area (Å²) >= 11 is 7.89. The summed E-state index contributed by atoms with van der Waals surface area (Å²) in [5, 5.41) is 1.71. The van der Waals surface area contributed by atoms with Gasteiger partial charge in [-0.3, -0.25) is 4.79 Å². The minimum Gasteiger partial charge on any atom is -0.493 e. The second-order valence-electron chi connectivity index (χ2n) is 6.86. The standard InChI is InChI=1S/C21H22ClN3O3S/c1-13-15(22)5-7-18-19(13)23-21(29-18)25-10-8-24(9-11-25)20(26)14-4-6-16(27-2)17(12-14)28-3/h4-7,12H,8-11H2,1-3H3. The quantitative estimate of drug-likeness (QED) is 0.618. The summed E-state index contributed by atoms with van der Waals surface area (Å²) in [5.74, 6) is 1.16. The van der Waals surface area contributed by atoms with Crippen molar-refractivity contribution in [2.24, 2.45) is 0 Å². The lowest BCUT2D eigenvalue weighted by atomic mass is 10.1. The Kier molecular flexibility index (Phi) is 5.52. The van der Waals surface area contributed by atoms with Gasteiger partial charge in [0.25, 0.3) is 5.91 Å². The first-order chi connectivity index (χ1) is 14.0. The highest BCUT2D eigenvalue weighted by atomic mass is 35.5. The Labute approximate surface area is 178 Å². The molecule has 0 spiro atoms. The van der Waals surface area contributed by atoms with Crippen molar-refractivity contribution >= 4 is 44.2 Å². The first-order valence-corrected chi connectivity index (χ1v) is 10.5. The van der Waals surface area contributed by atoms with Crippen LogP contribution in [0.2, 0.25) is 5.02 Å². The van der Waals surface area contributed by atoms with Crippen LogP contribution < -0.4 is 14.4 Å². The molecule has 3 aromatic rings. The number of benzene rings is 2. The lowest BCUT2D eigenvalue weighted by molar-refractivity contribution is 0.0746. The van der Waals surface area contributed by atoms with Crippen LogP contribution in [0.5, 0.6) is 11.5 Å². The van der Waals surface area contributed by atoms with Crippen molar-refractivity contribution in [3.8, 4) is 11.5 Å². The maximum Gasteiger partial charge on any atom is 0.254 e. The van der Waals surface area contributed by atoms with Crippen LogP contribution in [-0.2, 0) is 0 Å². The SMILES string of the molecule is COc1ccc(C(=O)N2CCN(c3nc4c(C)c(Cl)ccc4s3)CC2)cc1OC. The van der Waals surface area contributed by atoms with Gasteiger partial charge in [-0.05, 0) is 42.8 Å². The summed E-state index contributed by atoms with van der Waals surface area (Å²) in [6.07, 6.45) is 0. The van der Waals surface area contributed by atoms with Crippen molar-refractivity contribution in [1.82, 2.24) is 9.88 Å². The first-order valence-electron chi connectivity index (χ1n) is 9.33. The van der Waals surface area contributed by atoms with E-state index < -0.39 is 0 Å². The molecule has 0 aliphatic carbocycles. The molecular weight excluding hydrogens is 410 g/mol. The molecule has 1 fully saturated rings. The zero-order valence-electron chi connectivity index (χ0n) is 16.6. The van der Waals surface area contributed by atoms with Crippen LogP contribution in [0.1, 0.15) is 15.9 Å². The molecule has 0 atom stereocenters. The van der Waals surface area contributed by atoms with Crippen LogP contribution in [0.25, 0.3) is 10.2 Å². The highest BCUT2D eigenvalue weighted by Gasteiger charge is 2.25. The zero-order chi connectivity index (χ0) is 20.5. The number of methoxy groups -OCH3 is 2. The van der Waals surface area contributed by atoms with E-state index >= 15 is 0 Å². The highest BCUT2D eigenvalue weighted by molar-refractivity contribution is 7.22. The number of carbonyl (C=O) groups excluding carboxylic acids is 1. The Bertz CT molecular complexity index is 1060. The van der Waals surface area contributed by atoms with E-state index in [1.807, 2.05) is 24.0 Å². The zero-order valence-corrected chi connectivity index (χ0v) is 18.1. The van der Waals surface area contributed by atoms with Gasteiger partial charge in [0.2, 0.25) is 0 Å². The molecule has 0 bridgehead atoms. The molecule has 2 aromatic carbocycles. The number of hydrogen-bond acceptors (Lipinski definition) is 6.